The van der Waals surface area contributed by atoms with Crippen LogP contribution in [-0.4, -0.2) is 53.5 Å². The zero-order chi connectivity index (χ0) is 23.4. The Morgan fingerprint density at radius 2 is 1.58 bits per heavy atom. The Hall–Kier alpha value is -3.39. The number of hydrogen-bond donors (Lipinski definition) is 4. The highest BCUT2D eigenvalue weighted by Gasteiger charge is 2.33. The van der Waals surface area contributed by atoms with Crippen LogP contribution in [0.1, 0.15) is 42.7 Å². The number of aliphatic carboxylic acids is 1. The van der Waals surface area contributed by atoms with Crippen LogP contribution in [0.3, 0.4) is 0 Å². The van der Waals surface area contributed by atoms with Gasteiger partial charge in [-0.15, -0.1) is 0 Å². The quantitative estimate of drug-likeness (QED) is 0.464. The van der Waals surface area contributed by atoms with Crippen molar-refractivity contribution >= 4 is 18.0 Å². The zero-order valence-corrected chi connectivity index (χ0v) is 18.2. The minimum absolute atomic E-state index is 0.0581. The summed E-state index contributed by atoms with van der Waals surface area (Å²) in [7, 11) is 0. The number of alkyl carbamates (subject to hydrolysis) is 1. The molecule has 2 amide bonds. The smallest absolute Gasteiger partial charge is 0.407 e. The number of carboxylic acids is 1. The summed E-state index contributed by atoms with van der Waals surface area (Å²) in [5, 5.41) is 23.9. The predicted molar refractivity (Wildman–Crippen MR) is 121 cm³/mol. The van der Waals surface area contributed by atoms with Crippen molar-refractivity contribution in [1.29, 1.82) is 0 Å². The molecule has 4 N–H and O–H groups in total. The molecule has 2 aromatic rings. The molecule has 2 unspecified atom stereocenters. The number of benzene rings is 2. The first-order chi connectivity index (χ1) is 16.0. The summed E-state index contributed by atoms with van der Waals surface area (Å²) in [6, 6.07) is 14.1. The Morgan fingerprint density at radius 1 is 0.970 bits per heavy atom. The molecule has 2 aromatic carbocycles. The fourth-order valence-electron chi connectivity index (χ4n) is 4.60. The fourth-order valence-corrected chi connectivity index (χ4v) is 4.60. The van der Waals surface area contributed by atoms with Gasteiger partial charge in [0.2, 0.25) is 5.91 Å². The number of ether oxygens (including phenoxy) is 1. The van der Waals surface area contributed by atoms with Crippen molar-refractivity contribution in [3.63, 3.8) is 0 Å². The lowest BCUT2D eigenvalue weighted by atomic mass is 9.80. The van der Waals surface area contributed by atoms with Gasteiger partial charge < -0.3 is 25.6 Å². The Morgan fingerprint density at radius 3 is 2.09 bits per heavy atom. The van der Waals surface area contributed by atoms with Crippen LogP contribution >= 0.6 is 0 Å². The van der Waals surface area contributed by atoms with Gasteiger partial charge in [0.15, 0.2) is 0 Å². The number of fused-ring (bicyclic) bond motifs is 3. The van der Waals surface area contributed by atoms with Crippen molar-refractivity contribution in [2.45, 2.75) is 43.7 Å². The van der Waals surface area contributed by atoms with Gasteiger partial charge in [-0.25, -0.2) is 4.79 Å². The number of hydrogen-bond acceptors (Lipinski definition) is 5. The van der Waals surface area contributed by atoms with E-state index < -0.39 is 36.5 Å². The van der Waals surface area contributed by atoms with Crippen LogP contribution in [0.25, 0.3) is 11.1 Å². The number of nitrogens with one attached hydrogen (secondary N) is 2. The maximum absolute atomic E-state index is 12.7. The van der Waals surface area contributed by atoms with Crippen LogP contribution < -0.4 is 10.6 Å². The Balaban J connectivity index is 1.40. The van der Waals surface area contributed by atoms with Gasteiger partial charge in [-0.3, -0.25) is 9.59 Å². The monoisotopic (exact) mass is 452 g/mol. The first-order valence-corrected chi connectivity index (χ1v) is 11.2. The van der Waals surface area contributed by atoms with Gasteiger partial charge in [0.05, 0.1) is 19.1 Å². The molecule has 2 aliphatic carbocycles. The van der Waals surface area contributed by atoms with Gasteiger partial charge >= 0.3 is 12.1 Å². The average Bonchev–Trinajstić information content (AvgIpc) is 3.09. The van der Waals surface area contributed by atoms with E-state index in [1.54, 1.807) is 0 Å². The topological polar surface area (TPSA) is 125 Å². The zero-order valence-electron chi connectivity index (χ0n) is 18.2. The highest BCUT2D eigenvalue weighted by atomic mass is 16.5. The molecule has 0 spiro atoms. The largest absolute Gasteiger partial charge is 0.481 e. The van der Waals surface area contributed by atoms with Crippen molar-refractivity contribution < 1.29 is 29.3 Å². The molecule has 1 saturated carbocycles. The maximum atomic E-state index is 12.7. The van der Waals surface area contributed by atoms with E-state index in [1.165, 1.54) is 0 Å². The third kappa shape index (κ3) is 5.01. The van der Waals surface area contributed by atoms with Crippen molar-refractivity contribution in [3.8, 4) is 11.1 Å². The Bertz CT molecular complexity index is 990. The predicted octanol–water partition coefficient (Wildman–Crippen LogP) is 2.65. The van der Waals surface area contributed by atoms with Gasteiger partial charge in [0.25, 0.3) is 0 Å². The second kappa shape index (κ2) is 10.0. The van der Waals surface area contributed by atoms with E-state index in [-0.39, 0.29) is 25.0 Å². The number of carbonyl (C=O) groups excluding carboxylic acids is 2. The first kappa shape index (κ1) is 22.8. The van der Waals surface area contributed by atoms with Crippen LogP contribution in [0.15, 0.2) is 48.5 Å². The molecular formula is C25H28N2O6. The maximum Gasteiger partial charge on any atom is 0.407 e. The summed E-state index contributed by atoms with van der Waals surface area (Å²) in [5.41, 5.74) is 4.29. The van der Waals surface area contributed by atoms with E-state index in [0.717, 1.165) is 41.5 Å². The molecule has 0 aliphatic heterocycles. The number of carboxylic acid groups (broad SMARTS) is 1. The first-order valence-electron chi connectivity index (χ1n) is 11.2. The van der Waals surface area contributed by atoms with E-state index in [4.69, 9.17) is 4.74 Å². The molecule has 0 heterocycles. The van der Waals surface area contributed by atoms with Crippen molar-refractivity contribution in [3.05, 3.63) is 59.7 Å². The minimum Gasteiger partial charge on any atom is -0.481 e. The summed E-state index contributed by atoms with van der Waals surface area (Å²) < 4.78 is 5.44. The molecule has 8 nitrogen and oxygen atoms in total. The standard InChI is InChI=1S/C25H28N2O6/c28-13-22(15-6-5-7-15)26-24(31)21(12-23(29)30)27-25(32)33-14-20-18-10-3-1-8-16(18)17-9-2-4-11-19(17)20/h1-4,8-11,15,20-22,28H,5-7,12-14H2,(H,26,31)(H,27,32)(H,29,30). The summed E-state index contributed by atoms with van der Waals surface area (Å²) in [4.78, 5) is 36.5. The van der Waals surface area contributed by atoms with Crippen LogP contribution in [0, 0.1) is 5.92 Å². The van der Waals surface area contributed by atoms with E-state index in [9.17, 15) is 24.6 Å². The number of rotatable bonds is 9. The van der Waals surface area contributed by atoms with Crippen LogP contribution in [-0.2, 0) is 14.3 Å². The Labute approximate surface area is 192 Å². The van der Waals surface area contributed by atoms with E-state index in [2.05, 4.69) is 10.6 Å². The number of carbonyl (C=O) groups is 3. The summed E-state index contributed by atoms with van der Waals surface area (Å²) in [6.45, 7) is -0.177. The lowest BCUT2D eigenvalue weighted by Crippen LogP contribution is -2.54. The molecule has 0 saturated heterocycles. The van der Waals surface area contributed by atoms with Gasteiger partial charge in [-0.05, 0) is 41.0 Å². The van der Waals surface area contributed by atoms with Gasteiger partial charge in [-0.1, -0.05) is 55.0 Å². The molecule has 1 fully saturated rings. The van der Waals surface area contributed by atoms with Crippen molar-refractivity contribution in [1.82, 2.24) is 10.6 Å². The summed E-state index contributed by atoms with van der Waals surface area (Å²) in [6.07, 6.45) is 1.39. The highest BCUT2D eigenvalue weighted by molar-refractivity contribution is 5.89. The second-order valence-electron chi connectivity index (χ2n) is 8.61. The van der Waals surface area contributed by atoms with Gasteiger partial charge in [0, 0.05) is 5.92 Å². The molecule has 2 aliphatic rings. The normalized spacial score (nSPS) is 16.6. The lowest BCUT2D eigenvalue weighted by Gasteiger charge is -2.33. The molecule has 8 heteroatoms. The van der Waals surface area contributed by atoms with Crippen LogP contribution in [0.2, 0.25) is 0 Å². The fraction of sp³-hybridized carbons (Fsp3) is 0.400. The van der Waals surface area contributed by atoms with Gasteiger partial charge in [-0.2, -0.15) is 0 Å². The third-order valence-corrected chi connectivity index (χ3v) is 6.57. The molecule has 33 heavy (non-hydrogen) atoms. The second-order valence-corrected chi connectivity index (χ2v) is 8.61. The third-order valence-electron chi connectivity index (χ3n) is 6.57. The SMILES string of the molecule is O=C(O)CC(NC(=O)OCC1c2ccccc2-c2ccccc21)C(=O)NC(CO)C1CCC1. The number of aliphatic hydroxyl groups is 1. The molecule has 0 bridgehead atoms. The number of aliphatic hydroxyl groups excluding tert-OH is 1. The Kier molecular flexibility index (Phi) is 6.93. The highest BCUT2D eigenvalue weighted by Crippen LogP contribution is 2.44. The van der Waals surface area contributed by atoms with Crippen molar-refractivity contribution in [2.24, 2.45) is 5.92 Å². The molecule has 174 valence electrons. The van der Waals surface area contributed by atoms with Gasteiger partial charge in [0.1, 0.15) is 12.6 Å². The lowest BCUT2D eigenvalue weighted by molar-refractivity contribution is -0.140. The molecule has 0 radical (unpaired) electrons. The molecule has 0 aromatic heterocycles. The van der Waals surface area contributed by atoms with Crippen LogP contribution in [0.5, 0.6) is 0 Å². The summed E-state index contributed by atoms with van der Waals surface area (Å²) in [5.74, 6) is -1.85. The average molecular weight is 453 g/mol. The molecule has 2 atom stereocenters. The minimum atomic E-state index is -1.30. The number of amides is 2. The van der Waals surface area contributed by atoms with Crippen molar-refractivity contribution in [2.75, 3.05) is 13.2 Å². The van der Waals surface area contributed by atoms with E-state index >= 15 is 0 Å². The van der Waals surface area contributed by atoms with Crippen LogP contribution in [0.4, 0.5) is 4.79 Å². The van der Waals surface area contributed by atoms with E-state index in [1.807, 2.05) is 48.5 Å². The summed E-state index contributed by atoms with van der Waals surface area (Å²) >= 11 is 0. The molecule has 4 rings (SSSR count). The van der Waals surface area contributed by atoms with E-state index in [0.29, 0.717) is 0 Å². The molecular weight excluding hydrogens is 424 g/mol.